The third-order valence-electron chi connectivity index (χ3n) is 2.70. The average molecular weight is 272 g/mol. The van der Waals surface area contributed by atoms with Crippen LogP contribution in [0.3, 0.4) is 0 Å². The molecule has 0 aromatic rings. The number of nitrogens with one attached hydrogen (secondary N) is 1. The van der Waals surface area contributed by atoms with Crippen LogP contribution in [-0.2, 0) is 28.7 Å². The van der Waals surface area contributed by atoms with E-state index in [9.17, 15) is 19.2 Å². The number of carbonyl (C=O) groups excluding carboxylic acids is 4. The molecule has 1 atom stereocenters. The highest BCUT2D eigenvalue weighted by atomic mass is 16.5. The topological polar surface area (TPSA) is 102 Å². The Morgan fingerprint density at radius 2 is 1.74 bits per heavy atom. The van der Waals surface area contributed by atoms with Crippen molar-refractivity contribution in [2.24, 2.45) is 0 Å². The molecule has 1 N–H and O–H groups in total. The van der Waals surface area contributed by atoms with Crippen LogP contribution in [0.5, 0.6) is 0 Å². The molecule has 0 bridgehead atoms. The molecule has 8 heteroatoms. The Morgan fingerprint density at radius 3 is 2.11 bits per heavy atom. The van der Waals surface area contributed by atoms with Crippen LogP contribution in [0.2, 0.25) is 0 Å². The van der Waals surface area contributed by atoms with Crippen molar-refractivity contribution in [1.82, 2.24) is 10.2 Å². The van der Waals surface area contributed by atoms with Gasteiger partial charge in [0, 0.05) is 6.42 Å². The van der Waals surface area contributed by atoms with E-state index in [4.69, 9.17) is 0 Å². The van der Waals surface area contributed by atoms with E-state index in [2.05, 4.69) is 14.8 Å². The van der Waals surface area contributed by atoms with Gasteiger partial charge in [-0.1, -0.05) is 0 Å². The molecule has 1 rings (SSSR count). The fourth-order valence-corrected chi connectivity index (χ4v) is 1.67. The molecule has 1 aliphatic rings. The number of amides is 2. The van der Waals surface area contributed by atoms with E-state index in [0.29, 0.717) is 6.42 Å². The van der Waals surface area contributed by atoms with E-state index >= 15 is 0 Å². The summed E-state index contributed by atoms with van der Waals surface area (Å²) in [6.45, 7) is -0.729. The van der Waals surface area contributed by atoms with Crippen LogP contribution in [0, 0.1) is 0 Å². The van der Waals surface area contributed by atoms with Gasteiger partial charge in [0.05, 0.1) is 14.2 Å². The van der Waals surface area contributed by atoms with Crippen molar-refractivity contribution in [3.63, 3.8) is 0 Å². The van der Waals surface area contributed by atoms with E-state index < -0.39 is 23.9 Å². The second kappa shape index (κ2) is 6.72. The van der Waals surface area contributed by atoms with Gasteiger partial charge in [-0.2, -0.15) is 0 Å². The molecule has 1 heterocycles. The molecule has 19 heavy (non-hydrogen) atoms. The first kappa shape index (κ1) is 14.9. The summed E-state index contributed by atoms with van der Waals surface area (Å²) in [4.78, 5) is 46.6. The Kier molecular flexibility index (Phi) is 5.28. The summed E-state index contributed by atoms with van der Waals surface area (Å²) in [6.07, 6.45) is 0.594. The van der Waals surface area contributed by atoms with E-state index in [0.717, 1.165) is 4.90 Å². The highest BCUT2D eigenvalue weighted by Crippen LogP contribution is 2.10. The lowest BCUT2D eigenvalue weighted by atomic mass is 10.2. The summed E-state index contributed by atoms with van der Waals surface area (Å²) in [7, 11) is 2.36. The number of methoxy groups -OCH3 is 2. The molecule has 0 unspecified atom stereocenters. The number of esters is 2. The summed E-state index contributed by atoms with van der Waals surface area (Å²) < 4.78 is 8.92. The predicted octanol–water partition coefficient (Wildman–Crippen LogP) is -1.56. The monoisotopic (exact) mass is 272 g/mol. The molecule has 8 nitrogen and oxygen atoms in total. The fourth-order valence-electron chi connectivity index (χ4n) is 1.67. The van der Waals surface area contributed by atoms with E-state index in [1.54, 1.807) is 0 Å². The first-order chi connectivity index (χ1) is 8.97. The van der Waals surface area contributed by atoms with Gasteiger partial charge in [0.1, 0.15) is 19.1 Å². The number of hydrogen-bond acceptors (Lipinski definition) is 6. The van der Waals surface area contributed by atoms with Crippen LogP contribution in [0.15, 0.2) is 0 Å². The number of rotatable bonds is 5. The molecule has 106 valence electrons. The van der Waals surface area contributed by atoms with Gasteiger partial charge in [-0.25, -0.2) is 0 Å². The van der Waals surface area contributed by atoms with Crippen LogP contribution >= 0.6 is 0 Å². The fraction of sp³-hybridized carbons (Fsp3) is 0.636. The molecule has 0 radical (unpaired) electrons. The first-order valence-electron chi connectivity index (χ1n) is 5.69. The number of ether oxygens (including phenoxy) is 2. The van der Waals surface area contributed by atoms with Crippen molar-refractivity contribution in [3.8, 4) is 0 Å². The van der Waals surface area contributed by atoms with E-state index in [1.165, 1.54) is 14.2 Å². The zero-order valence-corrected chi connectivity index (χ0v) is 10.8. The lowest BCUT2D eigenvalue weighted by Crippen LogP contribution is -2.48. The van der Waals surface area contributed by atoms with Gasteiger partial charge in [-0.15, -0.1) is 0 Å². The van der Waals surface area contributed by atoms with Gasteiger partial charge in [0.15, 0.2) is 0 Å². The molecule has 1 fully saturated rings. The molecular weight excluding hydrogens is 256 g/mol. The van der Waals surface area contributed by atoms with Crippen LogP contribution in [0.1, 0.15) is 12.8 Å². The van der Waals surface area contributed by atoms with Crippen molar-refractivity contribution < 1.29 is 28.7 Å². The third kappa shape index (κ3) is 4.23. The van der Waals surface area contributed by atoms with Gasteiger partial charge >= 0.3 is 11.9 Å². The maximum absolute atomic E-state index is 12.1. The molecule has 1 aliphatic heterocycles. The second-order valence-corrected chi connectivity index (χ2v) is 4.01. The van der Waals surface area contributed by atoms with Crippen molar-refractivity contribution >= 4 is 23.8 Å². The Balaban J connectivity index is 2.70. The van der Waals surface area contributed by atoms with Crippen molar-refractivity contribution in [2.45, 2.75) is 18.9 Å². The van der Waals surface area contributed by atoms with E-state index in [1.807, 2.05) is 0 Å². The summed E-state index contributed by atoms with van der Waals surface area (Å²) in [5, 5.41) is 2.48. The minimum absolute atomic E-state index is 0.227. The molecule has 0 aromatic heterocycles. The highest BCUT2D eigenvalue weighted by molar-refractivity contribution is 5.93. The molecule has 1 saturated heterocycles. The highest BCUT2D eigenvalue weighted by Gasteiger charge is 2.32. The second-order valence-electron chi connectivity index (χ2n) is 4.01. The Labute approximate surface area is 110 Å². The first-order valence-corrected chi connectivity index (χ1v) is 5.69. The van der Waals surface area contributed by atoms with Crippen LogP contribution < -0.4 is 5.32 Å². The number of hydrogen-bond donors (Lipinski definition) is 1. The minimum atomic E-state index is -0.707. The maximum Gasteiger partial charge on any atom is 0.325 e. The Hall–Kier alpha value is -2.12. The predicted molar refractivity (Wildman–Crippen MR) is 61.8 cm³/mol. The van der Waals surface area contributed by atoms with Gasteiger partial charge in [0.2, 0.25) is 11.8 Å². The van der Waals surface area contributed by atoms with Crippen molar-refractivity contribution in [1.29, 1.82) is 0 Å². The molecule has 0 spiro atoms. The largest absolute Gasteiger partial charge is 0.468 e. The smallest absolute Gasteiger partial charge is 0.325 e. The van der Waals surface area contributed by atoms with E-state index in [-0.39, 0.29) is 25.4 Å². The zero-order chi connectivity index (χ0) is 14.4. The molecular formula is C11H16N2O6. The lowest BCUT2D eigenvalue weighted by molar-refractivity contribution is -0.152. The van der Waals surface area contributed by atoms with Gasteiger partial charge in [-0.05, 0) is 6.42 Å². The van der Waals surface area contributed by atoms with Gasteiger partial charge in [0.25, 0.3) is 0 Å². The number of carbonyl (C=O) groups is 4. The van der Waals surface area contributed by atoms with Crippen molar-refractivity contribution in [3.05, 3.63) is 0 Å². The molecule has 2 amide bonds. The minimum Gasteiger partial charge on any atom is -0.468 e. The maximum atomic E-state index is 12.1. The Bertz CT molecular complexity index is 377. The summed E-state index contributed by atoms with van der Waals surface area (Å²) in [6, 6.07) is -0.707. The van der Waals surface area contributed by atoms with Crippen LogP contribution in [-0.4, -0.2) is 62.0 Å². The van der Waals surface area contributed by atoms with Crippen molar-refractivity contribution in [2.75, 3.05) is 27.3 Å². The van der Waals surface area contributed by atoms with Gasteiger partial charge in [-0.3, -0.25) is 19.2 Å². The van der Waals surface area contributed by atoms with Crippen LogP contribution in [0.4, 0.5) is 0 Å². The standard InChI is InChI=1S/C11H16N2O6/c1-18-9(15)5-13(6-10(16)19-2)11(17)7-3-4-8(14)12-7/h7H,3-6H2,1-2H3,(H,12,14)/t7-/m0/s1. The average Bonchev–Trinajstić information content (AvgIpc) is 2.83. The normalized spacial score (nSPS) is 17.6. The molecule has 0 aliphatic carbocycles. The van der Waals surface area contributed by atoms with Gasteiger partial charge < -0.3 is 19.7 Å². The third-order valence-corrected chi connectivity index (χ3v) is 2.70. The number of nitrogens with zero attached hydrogens (tertiary/aromatic N) is 1. The summed E-state index contributed by atoms with van der Waals surface area (Å²) in [5.74, 6) is -2.03. The molecule has 0 saturated carbocycles. The molecule has 0 aromatic carbocycles. The lowest BCUT2D eigenvalue weighted by Gasteiger charge is -2.23. The van der Waals surface area contributed by atoms with Crippen LogP contribution in [0.25, 0.3) is 0 Å². The zero-order valence-electron chi connectivity index (χ0n) is 10.8. The quantitative estimate of drug-likeness (QED) is 0.607. The summed E-state index contributed by atoms with van der Waals surface area (Å²) in [5.41, 5.74) is 0. The SMILES string of the molecule is COC(=O)CN(CC(=O)OC)C(=O)[C@@H]1CCC(=O)N1. The Morgan fingerprint density at radius 1 is 1.21 bits per heavy atom. The summed E-state index contributed by atoms with van der Waals surface area (Å²) >= 11 is 0.